The Morgan fingerprint density at radius 1 is 1.17 bits per heavy atom. The van der Waals surface area contributed by atoms with Crippen molar-refractivity contribution in [3.63, 3.8) is 0 Å². The maximum atomic E-state index is 6.06. The Morgan fingerprint density at radius 3 is 2.22 bits per heavy atom. The summed E-state index contributed by atoms with van der Waals surface area (Å²) in [5.74, 6) is 0.613. The molecule has 0 bridgehead atoms. The molecule has 0 aliphatic heterocycles. The maximum Gasteiger partial charge on any atom is 0.163 e. The smallest absolute Gasteiger partial charge is 0.163 e. The summed E-state index contributed by atoms with van der Waals surface area (Å²) < 4.78 is 6.49. The molecule has 1 heterocycles. The summed E-state index contributed by atoms with van der Waals surface area (Å²) in [7, 11) is 0. The monoisotopic (exact) mass is 352 g/mol. The van der Waals surface area contributed by atoms with Gasteiger partial charge in [-0.1, -0.05) is 42.5 Å². The van der Waals surface area contributed by atoms with Crippen LogP contribution < -0.4 is 0 Å². The lowest BCUT2D eigenvalue weighted by Crippen LogP contribution is -2.34. The van der Waals surface area contributed by atoms with Crippen molar-refractivity contribution < 1.29 is 4.74 Å². The molecule has 1 aliphatic rings. The predicted octanol–water partition coefficient (Wildman–Crippen LogP) is 4.74. The number of aromatic nitrogens is 2. The Morgan fingerprint density at radius 2 is 1.72 bits per heavy atom. The van der Waals surface area contributed by atoms with Gasteiger partial charge in [0.2, 0.25) is 0 Å². The number of rotatable bonds is 3. The summed E-state index contributed by atoms with van der Waals surface area (Å²) in [6.45, 7) is 2.62. The van der Waals surface area contributed by atoms with E-state index in [1.165, 1.54) is 6.42 Å². The van der Waals surface area contributed by atoms with E-state index in [-0.39, 0.29) is 0 Å². The lowest BCUT2D eigenvalue weighted by atomic mass is 9.84. The van der Waals surface area contributed by atoms with Crippen LogP contribution in [0.5, 0.6) is 0 Å². The molecule has 1 aromatic heterocycles. The minimum atomic E-state index is -0.416. The lowest BCUT2D eigenvalue weighted by Gasteiger charge is -2.35. The molecule has 0 amide bonds. The molecule has 0 saturated heterocycles. The second-order valence-corrected chi connectivity index (χ2v) is 5.94. The van der Waals surface area contributed by atoms with Crippen molar-refractivity contribution >= 4 is 39.1 Å². The molecule has 0 atom stereocenters. The highest BCUT2D eigenvalue weighted by atomic mass is 79.9. The van der Waals surface area contributed by atoms with E-state index in [1.54, 1.807) is 0 Å². The Bertz CT molecular complexity index is 408. The number of nitrogens with zero attached hydrogens (tertiary/aromatic N) is 2. The molecular formula is C12H15BrCl2N2O. The van der Waals surface area contributed by atoms with E-state index in [2.05, 4.69) is 25.9 Å². The second kappa shape index (κ2) is 6.04. The summed E-state index contributed by atoms with van der Waals surface area (Å²) in [5.41, 5.74) is -0.416. The zero-order chi connectivity index (χ0) is 13.2. The first kappa shape index (κ1) is 14.5. The highest BCUT2D eigenvalue weighted by Gasteiger charge is 2.38. The Labute approximate surface area is 125 Å². The minimum absolute atomic E-state index is 0.342. The van der Waals surface area contributed by atoms with E-state index < -0.39 is 5.60 Å². The summed E-state index contributed by atoms with van der Waals surface area (Å²) in [6.07, 6.45) is 5.32. The quantitative estimate of drug-likeness (QED) is 0.736. The van der Waals surface area contributed by atoms with Crippen LogP contribution in [0.15, 0.2) is 4.47 Å². The molecule has 1 aliphatic carbocycles. The maximum absolute atomic E-state index is 6.06. The second-order valence-electron chi connectivity index (χ2n) is 4.43. The molecule has 18 heavy (non-hydrogen) atoms. The summed E-state index contributed by atoms with van der Waals surface area (Å²) in [4.78, 5) is 8.69. The van der Waals surface area contributed by atoms with Gasteiger partial charge in [-0.3, -0.25) is 0 Å². The molecule has 0 radical (unpaired) electrons. The zero-order valence-corrected chi connectivity index (χ0v) is 13.3. The van der Waals surface area contributed by atoms with Crippen molar-refractivity contribution in [3.05, 3.63) is 20.6 Å². The first-order valence-electron chi connectivity index (χ1n) is 6.12. The third-order valence-corrected chi connectivity index (χ3v) is 5.01. The van der Waals surface area contributed by atoms with Gasteiger partial charge < -0.3 is 4.74 Å². The van der Waals surface area contributed by atoms with Gasteiger partial charge in [-0.2, -0.15) is 0 Å². The van der Waals surface area contributed by atoms with Gasteiger partial charge in [-0.05, 0) is 35.7 Å². The van der Waals surface area contributed by atoms with Crippen molar-refractivity contribution in [3.8, 4) is 0 Å². The van der Waals surface area contributed by atoms with Crippen LogP contribution in [-0.4, -0.2) is 16.6 Å². The highest BCUT2D eigenvalue weighted by molar-refractivity contribution is 9.10. The largest absolute Gasteiger partial charge is 0.367 e. The van der Waals surface area contributed by atoms with Crippen LogP contribution in [0.4, 0.5) is 0 Å². The minimum Gasteiger partial charge on any atom is -0.367 e. The van der Waals surface area contributed by atoms with Crippen LogP contribution in [0.1, 0.15) is 44.9 Å². The standard InChI is InChI=1S/C12H15BrCl2N2O/c1-2-18-12(6-4-3-5-7-12)11-16-9(14)8(13)10(15)17-11/h2-7H2,1H3. The van der Waals surface area contributed by atoms with Crippen molar-refractivity contribution in [1.82, 2.24) is 9.97 Å². The topological polar surface area (TPSA) is 35.0 Å². The van der Waals surface area contributed by atoms with E-state index in [9.17, 15) is 0 Å². The molecule has 6 heteroatoms. The molecule has 1 aromatic rings. The number of ether oxygens (including phenoxy) is 1. The van der Waals surface area contributed by atoms with Crippen LogP contribution in [-0.2, 0) is 10.3 Å². The van der Waals surface area contributed by atoms with Gasteiger partial charge in [-0.25, -0.2) is 9.97 Å². The fourth-order valence-corrected chi connectivity index (χ4v) is 2.99. The van der Waals surface area contributed by atoms with E-state index in [4.69, 9.17) is 27.9 Å². The summed E-state index contributed by atoms with van der Waals surface area (Å²) >= 11 is 15.4. The normalized spacial score (nSPS) is 18.9. The van der Waals surface area contributed by atoms with Crippen molar-refractivity contribution in [2.45, 2.75) is 44.6 Å². The molecule has 0 N–H and O–H groups in total. The van der Waals surface area contributed by atoms with Gasteiger partial charge in [0.05, 0.1) is 4.47 Å². The van der Waals surface area contributed by atoms with E-state index >= 15 is 0 Å². The number of hydrogen-bond donors (Lipinski definition) is 0. The summed E-state index contributed by atoms with van der Waals surface area (Å²) in [6, 6.07) is 0. The lowest BCUT2D eigenvalue weighted by molar-refractivity contribution is -0.0767. The number of hydrogen-bond acceptors (Lipinski definition) is 3. The molecule has 2 rings (SSSR count). The SMILES string of the molecule is CCOC1(c2nc(Cl)c(Br)c(Cl)n2)CCCCC1. The molecule has 1 saturated carbocycles. The Kier molecular flexibility index (Phi) is 4.86. The van der Waals surface area contributed by atoms with Gasteiger partial charge in [0.15, 0.2) is 5.82 Å². The fourth-order valence-electron chi connectivity index (χ4n) is 2.43. The zero-order valence-electron chi connectivity index (χ0n) is 10.2. The first-order valence-corrected chi connectivity index (χ1v) is 7.67. The van der Waals surface area contributed by atoms with Crippen LogP contribution >= 0.6 is 39.1 Å². The van der Waals surface area contributed by atoms with Gasteiger partial charge >= 0.3 is 0 Å². The van der Waals surface area contributed by atoms with E-state index in [0.717, 1.165) is 25.7 Å². The van der Waals surface area contributed by atoms with E-state index in [1.807, 2.05) is 6.92 Å². The Hall–Kier alpha value is 0.1000. The molecule has 1 fully saturated rings. The predicted molar refractivity (Wildman–Crippen MR) is 76.1 cm³/mol. The molecule has 0 aromatic carbocycles. The number of halogens is 3. The van der Waals surface area contributed by atoms with E-state index in [0.29, 0.717) is 27.2 Å². The van der Waals surface area contributed by atoms with Crippen LogP contribution in [0.2, 0.25) is 10.3 Å². The highest BCUT2D eigenvalue weighted by Crippen LogP contribution is 2.40. The molecular weight excluding hydrogens is 339 g/mol. The molecule has 0 unspecified atom stereocenters. The van der Waals surface area contributed by atoms with Gasteiger partial charge in [0.1, 0.15) is 15.9 Å². The molecule has 100 valence electrons. The van der Waals surface area contributed by atoms with Crippen LogP contribution in [0.25, 0.3) is 0 Å². The van der Waals surface area contributed by atoms with Crippen LogP contribution in [0, 0.1) is 0 Å². The van der Waals surface area contributed by atoms with Crippen molar-refractivity contribution in [1.29, 1.82) is 0 Å². The fraction of sp³-hybridized carbons (Fsp3) is 0.667. The van der Waals surface area contributed by atoms with Crippen molar-refractivity contribution in [2.75, 3.05) is 6.61 Å². The van der Waals surface area contributed by atoms with Gasteiger partial charge in [-0.15, -0.1) is 0 Å². The average molecular weight is 354 g/mol. The van der Waals surface area contributed by atoms with Gasteiger partial charge in [0.25, 0.3) is 0 Å². The van der Waals surface area contributed by atoms with Crippen molar-refractivity contribution in [2.24, 2.45) is 0 Å². The van der Waals surface area contributed by atoms with Gasteiger partial charge in [0, 0.05) is 6.61 Å². The average Bonchev–Trinajstić information content (AvgIpc) is 2.37. The third-order valence-electron chi connectivity index (χ3n) is 3.26. The third kappa shape index (κ3) is 2.82. The molecule has 3 nitrogen and oxygen atoms in total. The Balaban J connectivity index is 2.42. The summed E-state index contributed by atoms with van der Waals surface area (Å²) in [5, 5.41) is 0.685. The first-order chi connectivity index (χ1) is 8.59. The molecule has 0 spiro atoms. The van der Waals surface area contributed by atoms with Crippen LogP contribution in [0.3, 0.4) is 0 Å².